The number of hydrogen-bond donors (Lipinski definition) is 0. The summed E-state index contributed by atoms with van der Waals surface area (Å²) in [5, 5.41) is 0. The Bertz CT molecular complexity index is 1370. The molecule has 256 valence electrons. The molecule has 0 saturated heterocycles. The van der Waals surface area contributed by atoms with Crippen LogP contribution >= 0.6 is 0 Å². The van der Waals surface area contributed by atoms with Crippen LogP contribution < -0.4 is 4.74 Å². The van der Waals surface area contributed by atoms with Crippen LogP contribution in [0.2, 0.25) is 0 Å². The van der Waals surface area contributed by atoms with Crippen LogP contribution in [0.3, 0.4) is 0 Å². The Morgan fingerprint density at radius 2 is 1.45 bits per heavy atom. The van der Waals surface area contributed by atoms with Crippen molar-refractivity contribution in [2.45, 2.75) is 128 Å². The second kappa shape index (κ2) is 18.3. The smallest absolute Gasteiger partial charge is 0.425 e. The van der Waals surface area contributed by atoms with Gasteiger partial charge in [0.1, 0.15) is 5.75 Å². The van der Waals surface area contributed by atoms with Crippen molar-refractivity contribution < 1.29 is 27.4 Å². The standard InChI is InChI=1S/C41H53F3O3/c1-4-6-8-10-11-14-30-18-20-31(21-19-30)34-26-27-37(35-15-13-16-36(28-35)46-3)38(29-34)32-22-24-33(25-23-32)40(45)47-39(41(42,43)44)17-12-9-7-5-2/h13,15-16,22-31,39H,4-12,14,17-21H2,1-3H3/t30-,31-,39-/m1/s1. The van der Waals surface area contributed by atoms with Gasteiger partial charge in [0.05, 0.1) is 12.7 Å². The Labute approximate surface area is 280 Å². The minimum atomic E-state index is -4.60. The molecular formula is C41H53F3O3. The number of methoxy groups -OCH3 is 1. The van der Waals surface area contributed by atoms with Crippen molar-refractivity contribution in [1.29, 1.82) is 0 Å². The van der Waals surface area contributed by atoms with Crippen molar-refractivity contribution in [2.24, 2.45) is 5.92 Å². The van der Waals surface area contributed by atoms with Crippen molar-refractivity contribution in [3.63, 3.8) is 0 Å². The summed E-state index contributed by atoms with van der Waals surface area (Å²) in [5.41, 5.74) is 5.40. The molecular weight excluding hydrogens is 597 g/mol. The lowest BCUT2D eigenvalue weighted by atomic mass is 9.76. The highest BCUT2D eigenvalue weighted by Gasteiger charge is 2.42. The second-order valence-electron chi connectivity index (χ2n) is 13.3. The summed E-state index contributed by atoms with van der Waals surface area (Å²) in [6, 6.07) is 21.4. The van der Waals surface area contributed by atoms with E-state index in [0.29, 0.717) is 18.8 Å². The predicted molar refractivity (Wildman–Crippen MR) is 186 cm³/mol. The molecule has 3 aromatic rings. The van der Waals surface area contributed by atoms with Gasteiger partial charge in [0, 0.05) is 0 Å². The van der Waals surface area contributed by atoms with Crippen molar-refractivity contribution in [3.8, 4) is 28.0 Å². The zero-order chi connectivity index (χ0) is 33.6. The largest absolute Gasteiger partial charge is 0.497 e. The molecule has 1 saturated carbocycles. The zero-order valence-electron chi connectivity index (χ0n) is 28.5. The Balaban J connectivity index is 1.53. The molecule has 1 aliphatic rings. The number of unbranched alkanes of at least 4 members (excludes halogenated alkanes) is 7. The lowest BCUT2D eigenvalue weighted by Crippen LogP contribution is -2.33. The first-order chi connectivity index (χ1) is 22.7. The van der Waals surface area contributed by atoms with E-state index in [-0.39, 0.29) is 12.0 Å². The van der Waals surface area contributed by atoms with Crippen LogP contribution in [-0.4, -0.2) is 25.4 Å². The summed E-state index contributed by atoms with van der Waals surface area (Å²) >= 11 is 0. The number of carbonyl (C=O) groups is 1. The molecule has 3 nitrogen and oxygen atoms in total. The molecule has 0 spiro atoms. The summed E-state index contributed by atoms with van der Waals surface area (Å²) in [4.78, 5) is 12.9. The van der Waals surface area contributed by atoms with Gasteiger partial charge in [-0.15, -0.1) is 0 Å². The van der Waals surface area contributed by atoms with Crippen molar-refractivity contribution in [2.75, 3.05) is 7.11 Å². The fraction of sp³-hybridized carbons (Fsp3) is 0.537. The number of hydrogen-bond acceptors (Lipinski definition) is 3. The Morgan fingerprint density at radius 3 is 2.11 bits per heavy atom. The third kappa shape index (κ3) is 10.9. The molecule has 0 heterocycles. The van der Waals surface area contributed by atoms with Crippen molar-refractivity contribution in [1.82, 2.24) is 0 Å². The van der Waals surface area contributed by atoms with Gasteiger partial charge in [-0.3, -0.25) is 0 Å². The van der Waals surface area contributed by atoms with E-state index < -0.39 is 18.2 Å². The van der Waals surface area contributed by atoms with E-state index in [1.165, 1.54) is 69.8 Å². The molecule has 47 heavy (non-hydrogen) atoms. The van der Waals surface area contributed by atoms with Crippen LogP contribution in [0.25, 0.3) is 22.3 Å². The van der Waals surface area contributed by atoms with Gasteiger partial charge in [-0.25, -0.2) is 4.79 Å². The number of benzene rings is 3. The van der Waals surface area contributed by atoms with E-state index in [1.54, 1.807) is 19.2 Å². The molecule has 0 N–H and O–H groups in total. The number of halogens is 3. The maximum absolute atomic E-state index is 13.7. The molecule has 4 rings (SSSR count). The lowest BCUT2D eigenvalue weighted by Gasteiger charge is -2.29. The first-order valence-electron chi connectivity index (χ1n) is 17.9. The van der Waals surface area contributed by atoms with Gasteiger partial charge in [-0.05, 0) is 102 Å². The highest BCUT2D eigenvalue weighted by atomic mass is 19.4. The molecule has 0 unspecified atom stereocenters. The Morgan fingerprint density at radius 1 is 0.766 bits per heavy atom. The van der Waals surface area contributed by atoms with E-state index in [1.807, 2.05) is 37.3 Å². The fourth-order valence-corrected chi connectivity index (χ4v) is 6.95. The third-order valence-corrected chi connectivity index (χ3v) is 9.82. The van der Waals surface area contributed by atoms with Crippen LogP contribution in [0, 0.1) is 5.92 Å². The van der Waals surface area contributed by atoms with Crippen LogP contribution in [-0.2, 0) is 4.74 Å². The van der Waals surface area contributed by atoms with Gasteiger partial charge < -0.3 is 9.47 Å². The van der Waals surface area contributed by atoms with E-state index in [0.717, 1.165) is 46.8 Å². The third-order valence-electron chi connectivity index (χ3n) is 9.82. The molecule has 1 atom stereocenters. The molecule has 0 aromatic heterocycles. The van der Waals surface area contributed by atoms with Crippen LogP contribution in [0.4, 0.5) is 13.2 Å². The normalized spacial score (nSPS) is 17.3. The summed E-state index contributed by atoms with van der Waals surface area (Å²) in [6.45, 7) is 4.26. The average Bonchev–Trinajstić information content (AvgIpc) is 3.09. The summed E-state index contributed by atoms with van der Waals surface area (Å²) in [5.74, 6) is 1.13. The minimum Gasteiger partial charge on any atom is -0.497 e. The first-order valence-corrected chi connectivity index (χ1v) is 17.9. The summed E-state index contributed by atoms with van der Waals surface area (Å²) in [6.07, 6.45) is 8.82. The fourth-order valence-electron chi connectivity index (χ4n) is 6.95. The van der Waals surface area contributed by atoms with Crippen molar-refractivity contribution >= 4 is 5.97 Å². The van der Waals surface area contributed by atoms with Gasteiger partial charge in [0.2, 0.25) is 0 Å². The molecule has 3 aromatic carbocycles. The number of carbonyl (C=O) groups excluding carboxylic acids is 1. The van der Waals surface area contributed by atoms with Gasteiger partial charge in [-0.1, -0.05) is 114 Å². The minimum absolute atomic E-state index is 0.114. The summed E-state index contributed by atoms with van der Waals surface area (Å²) < 4.78 is 51.5. The molecule has 1 fully saturated rings. The van der Waals surface area contributed by atoms with E-state index in [9.17, 15) is 18.0 Å². The zero-order valence-corrected chi connectivity index (χ0v) is 28.5. The second-order valence-corrected chi connectivity index (χ2v) is 13.3. The monoisotopic (exact) mass is 650 g/mol. The molecule has 0 aliphatic heterocycles. The Kier molecular flexibility index (Phi) is 14.2. The molecule has 0 radical (unpaired) electrons. The maximum atomic E-state index is 13.7. The number of ether oxygens (including phenoxy) is 2. The number of esters is 1. The highest BCUT2D eigenvalue weighted by molar-refractivity contribution is 5.91. The number of alkyl halides is 3. The quantitative estimate of drug-likeness (QED) is 0.108. The Hall–Kier alpha value is -3.28. The molecule has 6 heteroatoms. The van der Waals surface area contributed by atoms with Gasteiger partial charge in [0.15, 0.2) is 6.10 Å². The van der Waals surface area contributed by atoms with E-state index >= 15 is 0 Å². The predicted octanol–water partition coefficient (Wildman–Crippen LogP) is 12.7. The van der Waals surface area contributed by atoms with Crippen LogP contribution in [0.15, 0.2) is 66.7 Å². The van der Waals surface area contributed by atoms with Gasteiger partial charge in [-0.2, -0.15) is 13.2 Å². The first kappa shape index (κ1) is 36.6. The number of rotatable bonds is 17. The highest BCUT2D eigenvalue weighted by Crippen LogP contribution is 2.42. The molecule has 0 amide bonds. The SMILES string of the molecule is CCCCCCC[C@H]1CC[C@H](c2ccc(-c3cccc(OC)c3)c(-c3ccc(C(=O)O[C@H](CCCCCC)C(F)(F)F)cc3)c2)CC1. The average molecular weight is 651 g/mol. The van der Waals surface area contributed by atoms with Crippen LogP contribution in [0.5, 0.6) is 5.75 Å². The summed E-state index contributed by atoms with van der Waals surface area (Å²) in [7, 11) is 1.65. The maximum Gasteiger partial charge on any atom is 0.425 e. The van der Waals surface area contributed by atoms with Crippen molar-refractivity contribution in [3.05, 3.63) is 77.9 Å². The topological polar surface area (TPSA) is 35.5 Å². The molecule has 0 bridgehead atoms. The van der Waals surface area contributed by atoms with Gasteiger partial charge >= 0.3 is 12.1 Å². The molecule has 1 aliphatic carbocycles. The lowest BCUT2D eigenvalue weighted by molar-refractivity contribution is -0.206. The van der Waals surface area contributed by atoms with Crippen LogP contribution in [0.1, 0.15) is 132 Å². The van der Waals surface area contributed by atoms with Gasteiger partial charge in [0.25, 0.3) is 0 Å². The van der Waals surface area contributed by atoms with E-state index in [2.05, 4.69) is 31.2 Å². The van der Waals surface area contributed by atoms with E-state index in [4.69, 9.17) is 9.47 Å².